The second-order valence-electron chi connectivity index (χ2n) is 7.44. The van der Waals surface area contributed by atoms with Gasteiger partial charge in [-0.2, -0.15) is 0 Å². The van der Waals surface area contributed by atoms with Crippen LogP contribution >= 0.6 is 0 Å². The lowest BCUT2D eigenvalue weighted by Gasteiger charge is -2.29. The standard InChI is InChI=1S/C23H27F3O/c1-3-5-15-7-12-21(27-14-15)17-9-10-18(20(24)13-17)19-11-8-16(6-4-2)22(25)23(19)26/h8-11,13,15,21H,3-7,12,14H2,1-2H3. The van der Waals surface area contributed by atoms with Crippen molar-refractivity contribution in [2.24, 2.45) is 5.92 Å². The first-order valence-corrected chi connectivity index (χ1v) is 9.93. The molecule has 1 aliphatic heterocycles. The summed E-state index contributed by atoms with van der Waals surface area (Å²) in [6.45, 7) is 4.76. The highest BCUT2D eigenvalue weighted by molar-refractivity contribution is 5.66. The highest BCUT2D eigenvalue weighted by atomic mass is 19.2. The average Bonchev–Trinajstić information content (AvgIpc) is 2.67. The molecule has 2 aromatic carbocycles. The molecule has 1 saturated heterocycles. The first-order chi connectivity index (χ1) is 13.0. The van der Waals surface area contributed by atoms with E-state index in [0.29, 0.717) is 24.5 Å². The van der Waals surface area contributed by atoms with Crippen molar-refractivity contribution >= 4 is 0 Å². The van der Waals surface area contributed by atoms with Crippen molar-refractivity contribution in [1.29, 1.82) is 0 Å². The molecule has 0 bridgehead atoms. The van der Waals surface area contributed by atoms with E-state index in [1.54, 1.807) is 12.1 Å². The second kappa shape index (κ2) is 8.92. The number of rotatable bonds is 6. The van der Waals surface area contributed by atoms with Crippen LogP contribution in [0.25, 0.3) is 11.1 Å². The molecular weight excluding hydrogens is 349 g/mol. The topological polar surface area (TPSA) is 9.23 Å². The Labute approximate surface area is 159 Å². The molecule has 1 fully saturated rings. The third-order valence-corrected chi connectivity index (χ3v) is 5.40. The molecule has 0 amide bonds. The van der Waals surface area contributed by atoms with E-state index in [9.17, 15) is 13.2 Å². The summed E-state index contributed by atoms with van der Waals surface area (Å²) in [6, 6.07) is 7.71. The van der Waals surface area contributed by atoms with Crippen LogP contribution in [0.15, 0.2) is 30.3 Å². The van der Waals surface area contributed by atoms with Crippen LogP contribution in [0, 0.1) is 23.4 Å². The van der Waals surface area contributed by atoms with Gasteiger partial charge in [-0.3, -0.25) is 0 Å². The molecule has 2 unspecified atom stereocenters. The Hall–Kier alpha value is -1.81. The summed E-state index contributed by atoms with van der Waals surface area (Å²) in [7, 11) is 0. The third-order valence-electron chi connectivity index (χ3n) is 5.40. The maximum absolute atomic E-state index is 14.7. The predicted octanol–water partition coefficient (Wildman–Crippen LogP) is 6.99. The van der Waals surface area contributed by atoms with Crippen molar-refractivity contribution in [2.45, 2.75) is 58.5 Å². The highest BCUT2D eigenvalue weighted by Crippen LogP contribution is 2.35. The molecule has 4 heteroatoms. The molecule has 1 aliphatic rings. The number of hydrogen-bond donors (Lipinski definition) is 0. The number of aryl methyl sites for hydroxylation is 1. The van der Waals surface area contributed by atoms with Gasteiger partial charge < -0.3 is 4.74 Å². The van der Waals surface area contributed by atoms with Crippen molar-refractivity contribution in [1.82, 2.24) is 0 Å². The van der Waals surface area contributed by atoms with Gasteiger partial charge in [0.2, 0.25) is 0 Å². The molecule has 1 heterocycles. The molecule has 27 heavy (non-hydrogen) atoms. The van der Waals surface area contributed by atoms with Gasteiger partial charge in [0, 0.05) is 11.1 Å². The summed E-state index contributed by atoms with van der Waals surface area (Å²) in [6.07, 6.45) is 5.27. The van der Waals surface area contributed by atoms with Crippen LogP contribution in [0.5, 0.6) is 0 Å². The van der Waals surface area contributed by atoms with E-state index in [1.807, 2.05) is 6.92 Å². The van der Waals surface area contributed by atoms with Crippen LogP contribution in [0.4, 0.5) is 13.2 Å². The van der Waals surface area contributed by atoms with E-state index in [4.69, 9.17) is 4.74 Å². The number of ether oxygens (including phenoxy) is 1. The van der Waals surface area contributed by atoms with Crippen molar-refractivity contribution in [3.05, 3.63) is 58.9 Å². The molecule has 146 valence electrons. The molecular formula is C23H27F3O. The summed E-state index contributed by atoms with van der Waals surface area (Å²) in [5.41, 5.74) is 1.13. The Kier molecular flexibility index (Phi) is 6.59. The number of halogens is 3. The normalized spacial score (nSPS) is 20.0. The largest absolute Gasteiger partial charge is 0.373 e. The Morgan fingerprint density at radius 1 is 0.926 bits per heavy atom. The van der Waals surface area contributed by atoms with Gasteiger partial charge in [-0.1, -0.05) is 51.0 Å². The van der Waals surface area contributed by atoms with E-state index in [0.717, 1.165) is 37.7 Å². The van der Waals surface area contributed by atoms with E-state index in [-0.39, 0.29) is 17.2 Å². The summed E-state index contributed by atoms with van der Waals surface area (Å²) < 4.78 is 49.3. The third kappa shape index (κ3) is 4.37. The van der Waals surface area contributed by atoms with Crippen LogP contribution in [-0.4, -0.2) is 6.61 Å². The van der Waals surface area contributed by atoms with Gasteiger partial charge in [-0.05, 0) is 48.8 Å². The van der Waals surface area contributed by atoms with Crippen LogP contribution in [0.3, 0.4) is 0 Å². The van der Waals surface area contributed by atoms with Crippen LogP contribution in [-0.2, 0) is 11.2 Å². The molecule has 2 atom stereocenters. The lowest BCUT2D eigenvalue weighted by atomic mass is 9.91. The summed E-state index contributed by atoms with van der Waals surface area (Å²) >= 11 is 0. The molecule has 0 radical (unpaired) electrons. The maximum atomic E-state index is 14.7. The van der Waals surface area contributed by atoms with E-state index < -0.39 is 17.5 Å². The summed E-state index contributed by atoms with van der Waals surface area (Å²) in [5, 5.41) is 0. The van der Waals surface area contributed by atoms with Gasteiger partial charge in [0.05, 0.1) is 12.7 Å². The Bertz CT molecular complexity index is 779. The Morgan fingerprint density at radius 2 is 1.70 bits per heavy atom. The average molecular weight is 376 g/mol. The minimum Gasteiger partial charge on any atom is -0.373 e. The second-order valence-corrected chi connectivity index (χ2v) is 7.44. The van der Waals surface area contributed by atoms with E-state index >= 15 is 0 Å². The van der Waals surface area contributed by atoms with Gasteiger partial charge in [-0.25, -0.2) is 13.2 Å². The van der Waals surface area contributed by atoms with E-state index in [2.05, 4.69) is 6.92 Å². The van der Waals surface area contributed by atoms with Gasteiger partial charge in [0.1, 0.15) is 5.82 Å². The van der Waals surface area contributed by atoms with Crippen LogP contribution in [0.1, 0.15) is 63.2 Å². The van der Waals surface area contributed by atoms with Crippen LogP contribution in [0.2, 0.25) is 0 Å². The lowest BCUT2D eigenvalue weighted by molar-refractivity contribution is -0.0195. The summed E-state index contributed by atoms with van der Waals surface area (Å²) in [4.78, 5) is 0. The zero-order valence-electron chi connectivity index (χ0n) is 16.0. The van der Waals surface area contributed by atoms with Gasteiger partial charge in [0.25, 0.3) is 0 Å². The van der Waals surface area contributed by atoms with Crippen LogP contribution < -0.4 is 0 Å². The highest BCUT2D eigenvalue weighted by Gasteiger charge is 2.24. The van der Waals surface area contributed by atoms with Crippen molar-refractivity contribution in [3.8, 4) is 11.1 Å². The lowest BCUT2D eigenvalue weighted by Crippen LogP contribution is -2.20. The molecule has 0 N–H and O–H groups in total. The fourth-order valence-electron chi connectivity index (χ4n) is 3.91. The first-order valence-electron chi connectivity index (χ1n) is 9.93. The minimum absolute atomic E-state index is 0.0380. The molecule has 1 nitrogen and oxygen atoms in total. The zero-order valence-corrected chi connectivity index (χ0v) is 16.0. The SMILES string of the molecule is CCCc1ccc(-c2ccc(C3CCC(CCC)CO3)cc2F)c(F)c1F. The molecule has 0 aromatic heterocycles. The Balaban J connectivity index is 1.81. The Morgan fingerprint density at radius 3 is 2.33 bits per heavy atom. The molecule has 0 aliphatic carbocycles. The number of benzene rings is 2. The number of hydrogen-bond acceptors (Lipinski definition) is 1. The zero-order chi connectivity index (χ0) is 19.4. The smallest absolute Gasteiger partial charge is 0.167 e. The molecule has 2 aromatic rings. The first kappa shape index (κ1) is 19.9. The minimum atomic E-state index is -0.982. The monoisotopic (exact) mass is 376 g/mol. The van der Waals surface area contributed by atoms with E-state index in [1.165, 1.54) is 18.2 Å². The quantitative estimate of drug-likeness (QED) is 0.528. The van der Waals surface area contributed by atoms with Gasteiger partial charge >= 0.3 is 0 Å². The fourth-order valence-corrected chi connectivity index (χ4v) is 3.91. The maximum Gasteiger partial charge on any atom is 0.167 e. The van der Waals surface area contributed by atoms with Gasteiger partial charge in [-0.15, -0.1) is 0 Å². The van der Waals surface area contributed by atoms with Crippen molar-refractivity contribution in [2.75, 3.05) is 6.61 Å². The molecule has 0 spiro atoms. The summed E-state index contributed by atoms with van der Waals surface area (Å²) in [5.74, 6) is -1.83. The van der Waals surface area contributed by atoms with Crippen molar-refractivity contribution < 1.29 is 17.9 Å². The van der Waals surface area contributed by atoms with Gasteiger partial charge in [0.15, 0.2) is 11.6 Å². The predicted molar refractivity (Wildman–Crippen MR) is 102 cm³/mol. The van der Waals surface area contributed by atoms with Crippen molar-refractivity contribution in [3.63, 3.8) is 0 Å². The molecule has 3 rings (SSSR count). The molecule has 0 saturated carbocycles. The fraction of sp³-hybridized carbons (Fsp3) is 0.478.